The second-order valence-electron chi connectivity index (χ2n) is 3.57. The van der Waals surface area contributed by atoms with Gasteiger partial charge in [0.2, 0.25) is 0 Å². The molecule has 1 rings (SSSR count). The number of methoxy groups -OCH3 is 2. The Morgan fingerprint density at radius 3 is 2.31 bits per heavy atom. The molecule has 88 valence electrons. The maximum Gasteiger partial charge on any atom is 0.339 e. The summed E-state index contributed by atoms with van der Waals surface area (Å²) in [7, 11) is 2.75. The molecule has 0 aromatic heterocycles. The van der Waals surface area contributed by atoms with Crippen molar-refractivity contribution in [2.24, 2.45) is 0 Å². The molecule has 0 aliphatic carbocycles. The predicted molar refractivity (Wildman–Crippen MR) is 59.4 cm³/mol. The Balaban J connectivity index is 3.30. The highest BCUT2D eigenvalue weighted by Gasteiger charge is 2.24. The standard InChI is InChI=1S/C12H16O4/c1-7-5-6-8(2)11(15-3)9(7)10(13)12(14)16-4/h5-6,10,13H,1-4H3. The SMILES string of the molecule is COC(=O)C(O)c1c(C)ccc(C)c1OC. The lowest BCUT2D eigenvalue weighted by atomic mass is 9.99. The van der Waals surface area contributed by atoms with Crippen LogP contribution in [0.4, 0.5) is 0 Å². The van der Waals surface area contributed by atoms with Crippen LogP contribution in [0.2, 0.25) is 0 Å². The zero-order valence-corrected chi connectivity index (χ0v) is 9.90. The van der Waals surface area contributed by atoms with Crippen molar-refractivity contribution in [2.75, 3.05) is 14.2 Å². The molecule has 1 aromatic rings. The first kappa shape index (κ1) is 12.5. The number of aryl methyl sites for hydroxylation is 2. The lowest BCUT2D eigenvalue weighted by Crippen LogP contribution is -2.16. The van der Waals surface area contributed by atoms with Gasteiger partial charge in [-0.25, -0.2) is 4.79 Å². The van der Waals surface area contributed by atoms with Crippen LogP contribution in [-0.2, 0) is 9.53 Å². The number of ether oxygens (including phenoxy) is 2. The summed E-state index contributed by atoms with van der Waals surface area (Å²) in [6.45, 7) is 3.66. The number of esters is 1. The van der Waals surface area contributed by atoms with Crippen LogP contribution in [0, 0.1) is 13.8 Å². The molecule has 0 saturated heterocycles. The maximum absolute atomic E-state index is 11.3. The van der Waals surface area contributed by atoms with E-state index >= 15 is 0 Å². The van der Waals surface area contributed by atoms with Gasteiger partial charge < -0.3 is 14.6 Å². The van der Waals surface area contributed by atoms with Gasteiger partial charge in [-0.05, 0) is 25.0 Å². The van der Waals surface area contributed by atoms with E-state index in [9.17, 15) is 9.90 Å². The Hall–Kier alpha value is -1.55. The summed E-state index contributed by atoms with van der Waals surface area (Å²) in [5.41, 5.74) is 2.13. The van der Waals surface area contributed by atoms with E-state index in [1.165, 1.54) is 14.2 Å². The molecule has 4 heteroatoms. The smallest absolute Gasteiger partial charge is 0.339 e. The van der Waals surface area contributed by atoms with Crippen LogP contribution in [0.3, 0.4) is 0 Å². The third kappa shape index (κ3) is 2.17. The average Bonchev–Trinajstić information content (AvgIpc) is 2.29. The van der Waals surface area contributed by atoms with Gasteiger partial charge in [-0.3, -0.25) is 0 Å². The third-order valence-corrected chi connectivity index (χ3v) is 2.51. The lowest BCUT2D eigenvalue weighted by Gasteiger charge is -2.17. The Bertz CT molecular complexity index is 398. The molecule has 1 N–H and O–H groups in total. The average molecular weight is 224 g/mol. The van der Waals surface area contributed by atoms with Gasteiger partial charge in [0.15, 0.2) is 6.10 Å². The number of hydrogen-bond acceptors (Lipinski definition) is 4. The molecule has 1 aromatic carbocycles. The Morgan fingerprint density at radius 1 is 1.25 bits per heavy atom. The fourth-order valence-corrected chi connectivity index (χ4v) is 1.65. The summed E-state index contributed by atoms with van der Waals surface area (Å²) in [4.78, 5) is 11.3. The Labute approximate surface area is 94.8 Å². The first-order valence-corrected chi connectivity index (χ1v) is 4.93. The number of carbonyl (C=O) groups is 1. The van der Waals surface area contributed by atoms with Crippen molar-refractivity contribution in [1.29, 1.82) is 0 Å². The fourth-order valence-electron chi connectivity index (χ4n) is 1.65. The van der Waals surface area contributed by atoms with Crippen molar-refractivity contribution in [1.82, 2.24) is 0 Å². The minimum Gasteiger partial charge on any atom is -0.496 e. The van der Waals surface area contributed by atoms with E-state index < -0.39 is 12.1 Å². The molecule has 0 bridgehead atoms. The number of aliphatic hydroxyl groups is 1. The molecule has 0 heterocycles. The fraction of sp³-hybridized carbons (Fsp3) is 0.417. The second kappa shape index (κ2) is 4.99. The van der Waals surface area contributed by atoms with Crippen LogP contribution in [0.5, 0.6) is 5.75 Å². The first-order chi connectivity index (χ1) is 7.52. The molecule has 0 amide bonds. The second-order valence-corrected chi connectivity index (χ2v) is 3.57. The summed E-state index contributed by atoms with van der Waals surface area (Å²) >= 11 is 0. The molecule has 0 saturated carbocycles. The van der Waals surface area contributed by atoms with Gasteiger partial charge in [0, 0.05) is 5.56 Å². The maximum atomic E-state index is 11.3. The van der Waals surface area contributed by atoms with Gasteiger partial charge in [-0.15, -0.1) is 0 Å². The zero-order chi connectivity index (χ0) is 12.3. The van der Waals surface area contributed by atoms with Crippen molar-refractivity contribution in [3.63, 3.8) is 0 Å². The minimum absolute atomic E-state index is 0.467. The van der Waals surface area contributed by atoms with Gasteiger partial charge in [0.25, 0.3) is 0 Å². The lowest BCUT2D eigenvalue weighted by molar-refractivity contribution is -0.150. The molecule has 1 unspecified atom stereocenters. The quantitative estimate of drug-likeness (QED) is 0.791. The van der Waals surface area contributed by atoms with Crippen molar-refractivity contribution in [2.45, 2.75) is 20.0 Å². The van der Waals surface area contributed by atoms with E-state index in [0.717, 1.165) is 11.1 Å². The number of aliphatic hydroxyl groups excluding tert-OH is 1. The minimum atomic E-state index is -1.31. The zero-order valence-electron chi connectivity index (χ0n) is 9.90. The largest absolute Gasteiger partial charge is 0.496 e. The summed E-state index contributed by atoms with van der Waals surface area (Å²) in [6, 6.07) is 3.71. The van der Waals surface area contributed by atoms with E-state index in [2.05, 4.69) is 4.74 Å². The number of benzene rings is 1. The van der Waals surface area contributed by atoms with Crippen LogP contribution in [0.25, 0.3) is 0 Å². The Morgan fingerprint density at radius 2 is 1.81 bits per heavy atom. The van der Waals surface area contributed by atoms with E-state index in [4.69, 9.17) is 4.74 Å². The van der Waals surface area contributed by atoms with Crippen LogP contribution < -0.4 is 4.74 Å². The van der Waals surface area contributed by atoms with Gasteiger partial charge in [-0.2, -0.15) is 0 Å². The topological polar surface area (TPSA) is 55.8 Å². The molecule has 16 heavy (non-hydrogen) atoms. The summed E-state index contributed by atoms with van der Waals surface area (Å²) in [5, 5.41) is 9.85. The highest BCUT2D eigenvalue weighted by Crippen LogP contribution is 2.32. The van der Waals surface area contributed by atoms with Gasteiger partial charge in [0.05, 0.1) is 14.2 Å². The molecular weight excluding hydrogens is 208 g/mol. The van der Waals surface area contributed by atoms with Crippen LogP contribution in [-0.4, -0.2) is 25.3 Å². The summed E-state index contributed by atoms with van der Waals surface area (Å²) < 4.78 is 9.72. The summed E-state index contributed by atoms with van der Waals surface area (Å²) in [5.74, 6) is -0.162. The van der Waals surface area contributed by atoms with E-state index in [0.29, 0.717) is 11.3 Å². The van der Waals surface area contributed by atoms with Crippen molar-refractivity contribution in [3.8, 4) is 5.75 Å². The molecule has 0 spiro atoms. The Kier molecular flexibility index (Phi) is 3.90. The molecule has 4 nitrogen and oxygen atoms in total. The number of hydrogen-bond donors (Lipinski definition) is 1. The molecule has 0 aliphatic heterocycles. The van der Waals surface area contributed by atoms with Crippen molar-refractivity contribution < 1.29 is 19.4 Å². The molecule has 0 aliphatic rings. The predicted octanol–water partition coefficient (Wildman–Crippen LogP) is 1.52. The van der Waals surface area contributed by atoms with Crippen LogP contribution in [0.15, 0.2) is 12.1 Å². The molecule has 1 atom stereocenters. The highest BCUT2D eigenvalue weighted by molar-refractivity contribution is 5.78. The van der Waals surface area contributed by atoms with Crippen molar-refractivity contribution in [3.05, 3.63) is 28.8 Å². The normalized spacial score (nSPS) is 12.1. The summed E-state index contributed by atoms with van der Waals surface area (Å²) in [6.07, 6.45) is -1.31. The third-order valence-electron chi connectivity index (χ3n) is 2.51. The molecular formula is C12H16O4. The van der Waals surface area contributed by atoms with Gasteiger partial charge in [-0.1, -0.05) is 12.1 Å². The number of rotatable bonds is 3. The van der Waals surface area contributed by atoms with E-state index in [1.807, 2.05) is 26.0 Å². The number of carbonyl (C=O) groups excluding carboxylic acids is 1. The van der Waals surface area contributed by atoms with Crippen LogP contribution >= 0.6 is 0 Å². The monoisotopic (exact) mass is 224 g/mol. The van der Waals surface area contributed by atoms with E-state index in [1.54, 1.807) is 0 Å². The van der Waals surface area contributed by atoms with Gasteiger partial charge >= 0.3 is 5.97 Å². The van der Waals surface area contributed by atoms with Gasteiger partial charge in [0.1, 0.15) is 5.75 Å². The van der Waals surface area contributed by atoms with E-state index in [-0.39, 0.29) is 0 Å². The first-order valence-electron chi connectivity index (χ1n) is 4.93. The molecule has 0 radical (unpaired) electrons. The highest BCUT2D eigenvalue weighted by atomic mass is 16.5. The van der Waals surface area contributed by atoms with Crippen LogP contribution in [0.1, 0.15) is 22.8 Å². The molecule has 0 fully saturated rings. The van der Waals surface area contributed by atoms with Crippen molar-refractivity contribution >= 4 is 5.97 Å².